The Bertz CT molecular complexity index is 707. The van der Waals surface area contributed by atoms with E-state index < -0.39 is 0 Å². The Morgan fingerprint density at radius 1 is 1.05 bits per heavy atom. The van der Waals surface area contributed by atoms with E-state index in [9.17, 15) is 4.39 Å². The Labute approximate surface area is 109 Å². The highest BCUT2D eigenvalue weighted by Gasteiger charge is 2.14. The molecule has 3 nitrogen and oxygen atoms in total. The van der Waals surface area contributed by atoms with Gasteiger partial charge < -0.3 is 5.11 Å². The molecule has 3 rings (SSSR count). The van der Waals surface area contributed by atoms with E-state index >= 15 is 0 Å². The van der Waals surface area contributed by atoms with Crippen molar-refractivity contribution in [3.63, 3.8) is 0 Å². The molecule has 0 saturated carbocycles. The molecule has 0 aliphatic carbocycles. The Hall–Kier alpha value is -2.20. The minimum absolute atomic E-state index is 0.0701. The van der Waals surface area contributed by atoms with Gasteiger partial charge in [-0.2, -0.15) is 5.10 Å². The van der Waals surface area contributed by atoms with E-state index in [1.807, 2.05) is 36.4 Å². The van der Waals surface area contributed by atoms with Crippen LogP contribution in [0, 0.1) is 5.82 Å². The largest absolute Gasteiger partial charge is 0.394 e. The molecule has 0 spiro atoms. The Balaban J connectivity index is 2.29. The highest BCUT2D eigenvalue weighted by atomic mass is 19.1. The summed E-state index contributed by atoms with van der Waals surface area (Å²) in [4.78, 5) is 0. The summed E-state index contributed by atoms with van der Waals surface area (Å²) < 4.78 is 15.5. The van der Waals surface area contributed by atoms with Crippen LogP contribution >= 0.6 is 0 Å². The molecular weight excluding hydrogens is 243 g/mol. The summed E-state index contributed by atoms with van der Waals surface area (Å²) in [7, 11) is 0. The number of aliphatic hydroxyl groups is 1. The summed E-state index contributed by atoms with van der Waals surface area (Å²) in [6.07, 6.45) is 0. The zero-order chi connectivity index (χ0) is 13.2. The molecule has 3 aromatic rings. The van der Waals surface area contributed by atoms with E-state index in [0.717, 1.165) is 16.6 Å². The molecule has 2 aromatic carbocycles. The lowest BCUT2D eigenvalue weighted by Gasteiger charge is -2.00. The molecule has 0 aliphatic rings. The lowest BCUT2D eigenvalue weighted by atomic mass is 10.1. The van der Waals surface area contributed by atoms with Gasteiger partial charge in [-0.15, -0.1) is 0 Å². The maximum atomic E-state index is 14.0. The first-order valence-corrected chi connectivity index (χ1v) is 6.12. The van der Waals surface area contributed by atoms with Crippen molar-refractivity contribution in [1.29, 1.82) is 0 Å². The lowest BCUT2D eigenvalue weighted by Crippen LogP contribution is -2.04. The molecule has 0 aliphatic heterocycles. The van der Waals surface area contributed by atoms with Crippen LogP contribution in [0.4, 0.5) is 4.39 Å². The van der Waals surface area contributed by atoms with Crippen molar-refractivity contribution >= 4 is 10.9 Å². The first-order valence-electron chi connectivity index (χ1n) is 6.12. The van der Waals surface area contributed by atoms with Gasteiger partial charge in [0.1, 0.15) is 17.0 Å². The molecule has 0 fully saturated rings. The summed E-state index contributed by atoms with van der Waals surface area (Å²) >= 11 is 0. The minimum atomic E-state index is -0.319. The zero-order valence-electron chi connectivity index (χ0n) is 10.3. The van der Waals surface area contributed by atoms with Crippen LogP contribution in [0.3, 0.4) is 0 Å². The molecule has 19 heavy (non-hydrogen) atoms. The Morgan fingerprint density at radius 2 is 1.84 bits per heavy atom. The standard InChI is InChI=1S/C15H13FN2O/c16-13-8-4-7-12-14(11-5-2-1-3-6-11)17-18(9-10-19)15(12)13/h1-8,19H,9-10H2. The number of para-hydroxylation sites is 1. The number of fused-ring (bicyclic) bond motifs is 1. The molecule has 96 valence electrons. The second kappa shape index (κ2) is 4.82. The lowest BCUT2D eigenvalue weighted by molar-refractivity contribution is 0.271. The molecule has 1 N–H and O–H groups in total. The number of nitrogens with zero attached hydrogens (tertiary/aromatic N) is 2. The predicted octanol–water partition coefficient (Wildman–Crippen LogP) is 2.83. The van der Waals surface area contributed by atoms with E-state index in [2.05, 4.69) is 5.10 Å². The second-order valence-electron chi connectivity index (χ2n) is 4.30. The van der Waals surface area contributed by atoms with Crippen molar-refractivity contribution in [3.8, 4) is 11.3 Å². The van der Waals surface area contributed by atoms with Gasteiger partial charge in [0, 0.05) is 10.9 Å². The molecule has 0 bridgehead atoms. The van der Waals surface area contributed by atoms with Gasteiger partial charge in [0.2, 0.25) is 0 Å². The van der Waals surface area contributed by atoms with Gasteiger partial charge in [-0.1, -0.05) is 42.5 Å². The van der Waals surface area contributed by atoms with E-state index in [1.165, 1.54) is 10.7 Å². The third kappa shape index (κ3) is 2.00. The van der Waals surface area contributed by atoms with Crippen molar-refractivity contribution < 1.29 is 9.50 Å². The maximum absolute atomic E-state index is 14.0. The van der Waals surface area contributed by atoms with Crippen LogP contribution in [-0.4, -0.2) is 21.5 Å². The zero-order valence-corrected chi connectivity index (χ0v) is 10.3. The first-order chi connectivity index (χ1) is 9.31. The number of benzene rings is 2. The fraction of sp³-hybridized carbons (Fsp3) is 0.133. The number of rotatable bonds is 3. The number of hydrogen-bond acceptors (Lipinski definition) is 2. The normalized spacial score (nSPS) is 11.1. The van der Waals surface area contributed by atoms with Crippen LogP contribution < -0.4 is 0 Å². The molecule has 4 heteroatoms. The molecule has 1 heterocycles. The average Bonchev–Trinajstić information content (AvgIpc) is 2.81. The van der Waals surface area contributed by atoms with E-state index in [1.54, 1.807) is 6.07 Å². The first kappa shape index (κ1) is 11.9. The minimum Gasteiger partial charge on any atom is -0.394 e. The van der Waals surface area contributed by atoms with Crippen molar-refractivity contribution in [2.24, 2.45) is 0 Å². The topological polar surface area (TPSA) is 38.0 Å². The van der Waals surface area contributed by atoms with E-state index in [4.69, 9.17) is 5.11 Å². The molecule has 0 saturated heterocycles. The highest BCUT2D eigenvalue weighted by Crippen LogP contribution is 2.29. The van der Waals surface area contributed by atoms with Crippen LogP contribution in [0.1, 0.15) is 0 Å². The van der Waals surface area contributed by atoms with E-state index in [-0.39, 0.29) is 19.0 Å². The van der Waals surface area contributed by atoms with Crippen molar-refractivity contribution in [1.82, 2.24) is 9.78 Å². The third-order valence-corrected chi connectivity index (χ3v) is 3.08. The van der Waals surface area contributed by atoms with Gasteiger partial charge in [-0.25, -0.2) is 4.39 Å². The average molecular weight is 256 g/mol. The molecule has 0 unspecified atom stereocenters. The van der Waals surface area contributed by atoms with Gasteiger partial charge in [0.15, 0.2) is 0 Å². The number of halogens is 1. The van der Waals surface area contributed by atoms with Crippen molar-refractivity contribution in [2.45, 2.75) is 6.54 Å². The molecule has 0 radical (unpaired) electrons. The SMILES string of the molecule is OCCn1nc(-c2ccccc2)c2cccc(F)c21. The number of aromatic nitrogens is 2. The summed E-state index contributed by atoms with van der Waals surface area (Å²) in [5.41, 5.74) is 2.12. The molecule has 0 atom stereocenters. The maximum Gasteiger partial charge on any atom is 0.149 e. The molecule has 0 amide bonds. The van der Waals surface area contributed by atoms with Gasteiger partial charge >= 0.3 is 0 Å². The fourth-order valence-electron chi connectivity index (χ4n) is 2.26. The van der Waals surface area contributed by atoms with Crippen molar-refractivity contribution in [2.75, 3.05) is 6.61 Å². The summed E-state index contributed by atoms with van der Waals surface area (Å²) in [5, 5.41) is 14.3. The van der Waals surface area contributed by atoms with Crippen LogP contribution in [-0.2, 0) is 6.54 Å². The summed E-state index contributed by atoms with van der Waals surface area (Å²) in [6, 6.07) is 14.6. The van der Waals surface area contributed by atoms with Crippen molar-refractivity contribution in [3.05, 3.63) is 54.3 Å². The molecular formula is C15H13FN2O. The van der Waals surface area contributed by atoms with Crippen LogP contribution in [0.25, 0.3) is 22.2 Å². The van der Waals surface area contributed by atoms with E-state index in [0.29, 0.717) is 5.52 Å². The smallest absolute Gasteiger partial charge is 0.149 e. The summed E-state index contributed by atoms with van der Waals surface area (Å²) in [5.74, 6) is -0.319. The Kier molecular flexibility index (Phi) is 3.01. The highest BCUT2D eigenvalue weighted by molar-refractivity contribution is 5.93. The van der Waals surface area contributed by atoms with Gasteiger partial charge in [-0.3, -0.25) is 4.68 Å². The summed E-state index contributed by atoms with van der Waals surface area (Å²) in [6.45, 7) is 0.212. The monoisotopic (exact) mass is 256 g/mol. The number of hydrogen-bond donors (Lipinski definition) is 1. The Morgan fingerprint density at radius 3 is 2.58 bits per heavy atom. The van der Waals surface area contributed by atoms with Crippen LogP contribution in [0.5, 0.6) is 0 Å². The quantitative estimate of drug-likeness (QED) is 0.782. The van der Waals surface area contributed by atoms with Gasteiger partial charge in [0.25, 0.3) is 0 Å². The van der Waals surface area contributed by atoms with Gasteiger partial charge in [0.05, 0.1) is 13.2 Å². The van der Waals surface area contributed by atoms with Crippen LogP contribution in [0.2, 0.25) is 0 Å². The predicted molar refractivity (Wildman–Crippen MR) is 72.2 cm³/mol. The third-order valence-electron chi connectivity index (χ3n) is 3.08. The number of aliphatic hydroxyl groups excluding tert-OH is 1. The van der Waals surface area contributed by atoms with Crippen LogP contribution in [0.15, 0.2) is 48.5 Å². The van der Waals surface area contributed by atoms with Gasteiger partial charge in [-0.05, 0) is 6.07 Å². The fourth-order valence-corrected chi connectivity index (χ4v) is 2.26. The molecule has 1 aromatic heterocycles. The second-order valence-corrected chi connectivity index (χ2v) is 4.30.